The SMILES string of the molecule is NS(=O)(=O)c1cc(C(=O)NCC(F)F)n(CC(F)F)c1. The normalized spacial score (nSPS) is 12.2. The number of carbonyl (C=O) groups is 1. The molecule has 0 aliphatic rings. The number of aromatic nitrogens is 1. The van der Waals surface area contributed by atoms with Gasteiger partial charge in [-0.2, -0.15) is 0 Å². The average molecular weight is 317 g/mol. The van der Waals surface area contributed by atoms with Gasteiger partial charge in [-0.1, -0.05) is 0 Å². The Labute approximate surface area is 111 Å². The van der Waals surface area contributed by atoms with Gasteiger partial charge < -0.3 is 9.88 Å². The third kappa shape index (κ3) is 4.49. The van der Waals surface area contributed by atoms with E-state index in [1.807, 2.05) is 0 Å². The van der Waals surface area contributed by atoms with Crippen LogP contribution in [0.5, 0.6) is 0 Å². The molecule has 3 N–H and O–H groups in total. The number of alkyl halides is 4. The standard InChI is InChI=1S/C9H11F4N3O3S/c10-7(11)2-15-9(17)6-1-5(20(14,18)19)3-16(6)4-8(12)13/h1,3,7-8H,2,4H2,(H,15,17)(H2,14,18,19). The van der Waals surface area contributed by atoms with Gasteiger partial charge in [0.25, 0.3) is 18.8 Å². The summed E-state index contributed by atoms with van der Waals surface area (Å²) in [7, 11) is -4.20. The molecule has 0 unspecified atom stereocenters. The summed E-state index contributed by atoms with van der Waals surface area (Å²) in [5.74, 6) is -1.10. The number of hydrogen-bond acceptors (Lipinski definition) is 3. The minimum Gasteiger partial charge on any atom is -0.345 e. The molecular formula is C9H11F4N3O3S. The van der Waals surface area contributed by atoms with Crippen molar-refractivity contribution in [1.82, 2.24) is 9.88 Å². The van der Waals surface area contributed by atoms with E-state index in [1.165, 1.54) is 0 Å². The number of hydrogen-bond donors (Lipinski definition) is 2. The van der Waals surface area contributed by atoms with Crippen LogP contribution in [0.3, 0.4) is 0 Å². The van der Waals surface area contributed by atoms with Gasteiger partial charge in [0.1, 0.15) is 10.6 Å². The Kier molecular flexibility index (Phi) is 5.11. The highest BCUT2D eigenvalue weighted by atomic mass is 32.2. The van der Waals surface area contributed by atoms with Gasteiger partial charge in [0, 0.05) is 6.20 Å². The van der Waals surface area contributed by atoms with Crippen LogP contribution in [0, 0.1) is 0 Å². The fourth-order valence-corrected chi connectivity index (χ4v) is 1.94. The van der Waals surface area contributed by atoms with Crippen molar-refractivity contribution in [3.05, 3.63) is 18.0 Å². The molecule has 114 valence electrons. The highest BCUT2D eigenvalue weighted by Gasteiger charge is 2.21. The molecule has 0 radical (unpaired) electrons. The average Bonchev–Trinajstić information content (AvgIpc) is 2.68. The van der Waals surface area contributed by atoms with Crippen LogP contribution >= 0.6 is 0 Å². The lowest BCUT2D eigenvalue weighted by molar-refractivity contribution is 0.0871. The van der Waals surface area contributed by atoms with E-state index in [1.54, 1.807) is 5.32 Å². The number of nitrogens with one attached hydrogen (secondary N) is 1. The van der Waals surface area contributed by atoms with E-state index in [-0.39, 0.29) is 0 Å². The van der Waals surface area contributed by atoms with Crippen molar-refractivity contribution in [2.24, 2.45) is 5.14 Å². The van der Waals surface area contributed by atoms with E-state index in [0.29, 0.717) is 4.57 Å². The lowest BCUT2D eigenvalue weighted by atomic mass is 10.4. The molecule has 11 heteroatoms. The van der Waals surface area contributed by atoms with Crippen molar-refractivity contribution in [1.29, 1.82) is 0 Å². The van der Waals surface area contributed by atoms with E-state index < -0.39 is 52.5 Å². The van der Waals surface area contributed by atoms with Gasteiger partial charge >= 0.3 is 0 Å². The number of nitrogens with zero attached hydrogens (tertiary/aromatic N) is 1. The van der Waals surface area contributed by atoms with Crippen LogP contribution in [0.25, 0.3) is 0 Å². The first-order valence-electron chi connectivity index (χ1n) is 5.18. The lowest BCUT2D eigenvalue weighted by Gasteiger charge is -2.08. The Bertz CT molecular complexity index is 585. The zero-order chi connectivity index (χ0) is 15.5. The van der Waals surface area contributed by atoms with E-state index in [9.17, 15) is 30.8 Å². The number of sulfonamides is 1. The van der Waals surface area contributed by atoms with Crippen molar-refractivity contribution < 1.29 is 30.8 Å². The monoisotopic (exact) mass is 317 g/mol. The van der Waals surface area contributed by atoms with Crippen molar-refractivity contribution in [3.63, 3.8) is 0 Å². The molecule has 1 heterocycles. The van der Waals surface area contributed by atoms with Crippen molar-refractivity contribution in [2.45, 2.75) is 24.3 Å². The fourth-order valence-electron chi connectivity index (χ4n) is 1.39. The van der Waals surface area contributed by atoms with Gasteiger partial charge in [-0.25, -0.2) is 31.1 Å². The minimum atomic E-state index is -4.20. The van der Waals surface area contributed by atoms with E-state index in [4.69, 9.17) is 5.14 Å². The molecule has 0 aromatic carbocycles. The Morgan fingerprint density at radius 3 is 2.35 bits per heavy atom. The summed E-state index contributed by atoms with van der Waals surface area (Å²) in [6, 6.07) is 0.749. The van der Waals surface area contributed by atoms with Crippen LogP contribution in [-0.2, 0) is 16.6 Å². The van der Waals surface area contributed by atoms with Gasteiger partial charge in [-0.3, -0.25) is 4.79 Å². The van der Waals surface area contributed by atoms with E-state index >= 15 is 0 Å². The summed E-state index contributed by atoms with van der Waals surface area (Å²) in [4.78, 5) is 11.0. The summed E-state index contributed by atoms with van der Waals surface area (Å²) < 4.78 is 71.4. The predicted octanol–water partition coefficient (Wildman–Crippen LogP) is 0.396. The Morgan fingerprint density at radius 2 is 1.90 bits per heavy atom. The number of halogens is 4. The van der Waals surface area contributed by atoms with Crippen LogP contribution in [-0.4, -0.2) is 38.3 Å². The first kappa shape index (κ1) is 16.4. The molecule has 0 bridgehead atoms. The van der Waals surface area contributed by atoms with Gasteiger partial charge in [-0.05, 0) is 6.07 Å². The largest absolute Gasteiger partial charge is 0.345 e. The molecule has 0 spiro atoms. The minimum absolute atomic E-state index is 0.491. The maximum absolute atomic E-state index is 12.3. The predicted molar refractivity (Wildman–Crippen MR) is 60.1 cm³/mol. The van der Waals surface area contributed by atoms with Crippen LogP contribution < -0.4 is 10.5 Å². The summed E-state index contributed by atoms with van der Waals surface area (Å²) in [6.45, 7) is -1.95. The second kappa shape index (κ2) is 6.22. The Morgan fingerprint density at radius 1 is 1.30 bits per heavy atom. The Hall–Kier alpha value is -1.62. The third-order valence-corrected chi connectivity index (χ3v) is 3.06. The molecule has 0 aliphatic heterocycles. The molecule has 0 atom stereocenters. The van der Waals surface area contributed by atoms with Gasteiger partial charge in [0.05, 0.1) is 13.1 Å². The van der Waals surface area contributed by atoms with Gasteiger partial charge in [0.2, 0.25) is 10.0 Å². The molecule has 0 saturated heterocycles. The molecule has 1 aromatic rings. The molecule has 0 saturated carbocycles. The molecule has 1 aromatic heterocycles. The molecule has 0 fully saturated rings. The van der Waals surface area contributed by atoms with E-state index in [2.05, 4.69) is 0 Å². The molecule has 6 nitrogen and oxygen atoms in total. The number of rotatable bonds is 6. The van der Waals surface area contributed by atoms with Crippen molar-refractivity contribution in [2.75, 3.05) is 6.54 Å². The van der Waals surface area contributed by atoms with E-state index in [0.717, 1.165) is 12.3 Å². The first-order valence-corrected chi connectivity index (χ1v) is 6.73. The fraction of sp³-hybridized carbons (Fsp3) is 0.444. The number of nitrogens with two attached hydrogens (primary N) is 1. The van der Waals surface area contributed by atoms with Gasteiger partial charge in [0.15, 0.2) is 0 Å². The Balaban J connectivity index is 3.09. The zero-order valence-corrected chi connectivity index (χ0v) is 10.7. The molecule has 1 rings (SSSR count). The van der Waals surface area contributed by atoms with Crippen LogP contribution in [0.4, 0.5) is 17.6 Å². The highest BCUT2D eigenvalue weighted by Crippen LogP contribution is 2.15. The number of amides is 1. The van der Waals surface area contributed by atoms with Crippen molar-refractivity contribution >= 4 is 15.9 Å². The number of carbonyl (C=O) groups excluding carboxylic acids is 1. The third-order valence-electron chi connectivity index (χ3n) is 2.18. The summed E-state index contributed by atoms with van der Waals surface area (Å²) in [6.07, 6.45) is -4.94. The lowest BCUT2D eigenvalue weighted by Crippen LogP contribution is -2.30. The highest BCUT2D eigenvalue weighted by molar-refractivity contribution is 7.89. The van der Waals surface area contributed by atoms with Gasteiger partial charge in [-0.15, -0.1) is 0 Å². The quantitative estimate of drug-likeness (QED) is 0.743. The second-order valence-corrected chi connectivity index (χ2v) is 5.31. The second-order valence-electron chi connectivity index (χ2n) is 3.75. The maximum Gasteiger partial charge on any atom is 0.268 e. The summed E-state index contributed by atoms with van der Waals surface area (Å²) in [5, 5.41) is 6.60. The molecule has 0 aliphatic carbocycles. The zero-order valence-electron chi connectivity index (χ0n) is 9.89. The summed E-state index contributed by atoms with van der Waals surface area (Å²) in [5.41, 5.74) is -0.491. The maximum atomic E-state index is 12.3. The topological polar surface area (TPSA) is 94.2 Å². The summed E-state index contributed by atoms with van der Waals surface area (Å²) >= 11 is 0. The van der Waals surface area contributed by atoms with Crippen LogP contribution in [0.1, 0.15) is 10.5 Å². The first-order chi connectivity index (χ1) is 9.11. The smallest absolute Gasteiger partial charge is 0.268 e. The molecule has 1 amide bonds. The van der Waals surface area contributed by atoms with Crippen molar-refractivity contribution in [3.8, 4) is 0 Å². The molecular weight excluding hydrogens is 306 g/mol. The van der Waals surface area contributed by atoms with Crippen LogP contribution in [0.2, 0.25) is 0 Å². The molecule has 20 heavy (non-hydrogen) atoms. The number of primary sulfonamides is 1. The van der Waals surface area contributed by atoms with Crippen LogP contribution in [0.15, 0.2) is 17.2 Å².